The van der Waals surface area contributed by atoms with Crippen molar-refractivity contribution in [2.24, 2.45) is 0 Å². The van der Waals surface area contributed by atoms with Gasteiger partial charge in [0, 0.05) is 24.6 Å². The van der Waals surface area contributed by atoms with E-state index in [1.807, 2.05) is 13.8 Å². The number of hydrogen-bond acceptors (Lipinski definition) is 3. The molecule has 2 N–H and O–H groups in total. The molecule has 114 valence electrons. The molecule has 0 aliphatic carbocycles. The molecule has 1 rings (SSSR count). The van der Waals surface area contributed by atoms with E-state index in [-0.39, 0.29) is 36.1 Å². The average molecular weight is 293 g/mol. The van der Waals surface area contributed by atoms with Crippen LogP contribution in [0.1, 0.15) is 36.2 Å². The predicted molar refractivity (Wildman–Crippen MR) is 78.4 cm³/mol. The molecule has 1 amide bonds. The Labute approximate surface area is 124 Å². The van der Waals surface area contributed by atoms with Gasteiger partial charge in [0.1, 0.15) is 5.82 Å². The van der Waals surface area contributed by atoms with Crippen LogP contribution >= 0.6 is 0 Å². The Hall–Kier alpha value is -1.90. The van der Waals surface area contributed by atoms with E-state index in [1.54, 1.807) is 0 Å². The van der Waals surface area contributed by atoms with Crippen LogP contribution in [0.3, 0.4) is 0 Å². The van der Waals surface area contributed by atoms with Crippen molar-refractivity contribution in [3.05, 3.63) is 35.1 Å². The third-order valence-corrected chi connectivity index (χ3v) is 2.64. The molecule has 0 saturated heterocycles. The lowest BCUT2D eigenvalue weighted by Crippen LogP contribution is -2.35. The minimum Gasteiger partial charge on any atom is -0.395 e. The van der Waals surface area contributed by atoms with Gasteiger partial charge >= 0.3 is 0 Å². The van der Waals surface area contributed by atoms with Gasteiger partial charge in [-0.05, 0) is 32.0 Å². The number of benzene rings is 1. The second-order valence-electron chi connectivity index (χ2n) is 4.50. The molecule has 0 aliphatic heterocycles. The highest BCUT2D eigenvalue weighted by Crippen LogP contribution is 2.10. The summed E-state index contributed by atoms with van der Waals surface area (Å²) in [5.74, 6) is 4.35. The van der Waals surface area contributed by atoms with Gasteiger partial charge in [0.15, 0.2) is 0 Å². The highest BCUT2D eigenvalue weighted by molar-refractivity contribution is 5.94. The smallest absolute Gasteiger partial charge is 0.251 e. The van der Waals surface area contributed by atoms with Crippen molar-refractivity contribution >= 4 is 5.91 Å². The Morgan fingerprint density at radius 1 is 1.52 bits per heavy atom. The summed E-state index contributed by atoms with van der Waals surface area (Å²) in [5.41, 5.74) is 0.450. The summed E-state index contributed by atoms with van der Waals surface area (Å²) in [4.78, 5) is 11.9. The number of ether oxygens (including phenoxy) is 1. The number of nitrogens with one attached hydrogen (secondary N) is 1. The van der Waals surface area contributed by atoms with E-state index in [4.69, 9.17) is 9.84 Å². The number of aliphatic hydroxyl groups is 1. The van der Waals surface area contributed by atoms with Crippen LogP contribution in [0.4, 0.5) is 4.39 Å². The molecule has 1 aromatic rings. The Morgan fingerprint density at radius 2 is 2.29 bits per heavy atom. The molecule has 21 heavy (non-hydrogen) atoms. The van der Waals surface area contributed by atoms with Gasteiger partial charge < -0.3 is 15.2 Å². The van der Waals surface area contributed by atoms with Crippen molar-refractivity contribution in [2.45, 2.75) is 26.3 Å². The molecule has 0 bridgehead atoms. The molecule has 0 radical (unpaired) electrons. The van der Waals surface area contributed by atoms with Gasteiger partial charge in [-0.1, -0.05) is 11.8 Å². The maximum Gasteiger partial charge on any atom is 0.251 e. The summed E-state index contributed by atoms with van der Waals surface area (Å²) >= 11 is 0. The number of carbonyl (C=O) groups excluding carboxylic acids is 1. The van der Waals surface area contributed by atoms with Crippen LogP contribution in [0.5, 0.6) is 0 Å². The van der Waals surface area contributed by atoms with Crippen molar-refractivity contribution in [1.82, 2.24) is 5.32 Å². The van der Waals surface area contributed by atoms with E-state index in [9.17, 15) is 9.18 Å². The van der Waals surface area contributed by atoms with Gasteiger partial charge in [0.25, 0.3) is 5.91 Å². The number of rotatable bonds is 6. The molecule has 1 unspecified atom stereocenters. The van der Waals surface area contributed by atoms with Gasteiger partial charge in [-0.3, -0.25) is 4.79 Å². The quantitative estimate of drug-likeness (QED) is 0.785. The summed E-state index contributed by atoms with van der Waals surface area (Å²) in [6, 6.07) is 3.99. The van der Waals surface area contributed by atoms with Gasteiger partial charge in [-0.15, -0.1) is 0 Å². The van der Waals surface area contributed by atoms with Crippen LogP contribution in [-0.4, -0.2) is 36.9 Å². The molecule has 0 aromatic heterocycles. The number of amides is 1. The topological polar surface area (TPSA) is 58.6 Å². The van der Waals surface area contributed by atoms with Crippen molar-refractivity contribution in [1.29, 1.82) is 0 Å². The standard InChI is InChI=1S/C16H20FNO3/c1-3-21-11-12(2)18-16(20)14-8-7-13(15(17)10-14)6-4-5-9-19/h7-8,10,12,19H,3,5,9,11H2,1-2H3,(H,18,20). The minimum atomic E-state index is -0.550. The van der Waals surface area contributed by atoms with E-state index < -0.39 is 5.82 Å². The largest absolute Gasteiger partial charge is 0.395 e. The van der Waals surface area contributed by atoms with Crippen molar-refractivity contribution in [2.75, 3.05) is 19.8 Å². The molecule has 4 nitrogen and oxygen atoms in total. The first kappa shape index (κ1) is 17.2. The highest BCUT2D eigenvalue weighted by Gasteiger charge is 2.11. The zero-order chi connectivity index (χ0) is 15.7. The predicted octanol–water partition coefficient (Wildman–Crippen LogP) is 1.71. The Morgan fingerprint density at radius 3 is 2.90 bits per heavy atom. The lowest BCUT2D eigenvalue weighted by Gasteiger charge is -2.13. The fourth-order valence-corrected chi connectivity index (χ4v) is 1.61. The number of aliphatic hydroxyl groups excluding tert-OH is 1. The maximum atomic E-state index is 13.8. The van der Waals surface area contributed by atoms with Gasteiger partial charge in [0.2, 0.25) is 0 Å². The Bertz CT molecular complexity index is 534. The minimum absolute atomic E-state index is 0.0627. The van der Waals surface area contributed by atoms with Crippen LogP contribution in [0.25, 0.3) is 0 Å². The molecule has 1 atom stereocenters. The zero-order valence-corrected chi connectivity index (χ0v) is 12.3. The van der Waals surface area contributed by atoms with E-state index in [0.29, 0.717) is 13.2 Å². The summed E-state index contributed by atoms with van der Waals surface area (Å²) in [6.45, 7) is 4.62. The van der Waals surface area contributed by atoms with Gasteiger partial charge in [0.05, 0.1) is 18.8 Å². The monoisotopic (exact) mass is 293 g/mol. The fourth-order valence-electron chi connectivity index (χ4n) is 1.61. The summed E-state index contributed by atoms with van der Waals surface area (Å²) < 4.78 is 19.0. The van der Waals surface area contributed by atoms with Gasteiger partial charge in [-0.25, -0.2) is 4.39 Å². The van der Waals surface area contributed by atoms with Crippen molar-refractivity contribution in [3.63, 3.8) is 0 Å². The summed E-state index contributed by atoms with van der Waals surface area (Å²) in [6.07, 6.45) is 0.288. The first-order valence-corrected chi connectivity index (χ1v) is 6.86. The maximum absolute atomic E-state index is 13.8. The van der Waals surface area contributed by atoms with E-state index in [2.05, 4.69) is 17.2 Å². The lowest BCUT2D eigenvalue weighted by molar-refractivity contribution is 0.0871. The first-order valence-electron chi connectivity index (χ1n) is 6.86. The van der Waals surface area contributed by atoms with Crippen LogP contribution in [0, 0.1) is 17.7 Å². The summed E-state index contributed by atoms with van der Waals surface area (Å²) in [5, 5.41) is 11.3. The number of carbonyl (C=O) groups is 1. The SMILES string of the molecule is CCOCC(C)NC(=O)c1ccc(C#CCCO)c(F)c1. The van der Waals surface area contributed by atoms with Crippen LogP contribution in [0.2, 0.25) is 0 Å². The molecular weight excluding hydrogens is 273 g/mol. The fraction of sp³-hybridized carbons (Fsp3) is 0.438. The van der Waals surface area contributed by atoms with Gasteiger partial charge in [-0.2, -0.15) is 0 Å². The molecule has 1 aromatic carbocycles. The highest BCUT2D eigenvalue weighted by atomic mass is 19.1. The van der Waals surface area contributed by atoms with Crippen LogP contribution in [-0.2, 0) is 4.74 Å². The molecule has 0 heterocycles. The third kappa shape index (κ3) is 5.94. The van der Waals surface area contributed by atoms with Crippen molar-refractivity contribution in [3.8, 4) is 11.8 Å². The Balaban J connectivity index is 2.70. The molecule has 0 aliphatic rings. The second kappa shape index (κ2) is 9.11. The van der Waals surface area contributed by atoms with Crippen LogP contribution in [0.15, 0.2) is 18.2 Å². The molecular formula is C16H20FNO3. The molecule has 0 saturated carbocycles. The average Bonchev–Trinajstić information content (AvgIpc) is 2.46. The van der Waals surface area contributed by atoms with Crippen molar-refractivity contribution < 1.29 is 19.0 Å². The van der Waals surface area contributed by atoms with E-state index in [1.165, 1.54) is 12.1 Å². The lowest BCUT2D eigenvalue weighted by atomic mass is 10.1. The van der Waals surface area contributed by atoms with E-state index in [0.717, 1.165) is 6.07 Å². The molecule has 0 spiro atoms. The number of hydrogen-bond donors (Lipinski definition) is 2. The summed E-state index contributed by atoms with van der Waals surface area (Å²) in [7, 11) is 0. The molecule has 5 heteroatoms. The normalized spacial score (nSPS) is 11.4. The molecule has 0 fully saturated rings. The third-order valence-electron chi connectivity index (χ3n) is 2.64. The van der Waals surface area contributed by atoms with Crippen LogP contribution < -0.4 is 5.32 Å². The second-order valence-corrected chi connectivity index (χ2v) is 4.50. The van der Waals surface area contributed by atoms with E-state index >= 15 is 0 Å². The zero-order valence-electron chi connectivity index (χ0n) is 12.3. The Kier molecular flexibility index (Phi) is 7.44. The number of halogens is 1. The first-order chi connectivity index (χ1) is 10.1.